The molecule has 0 radical (unpaired) electrons. The summed E-state index contributed by atoms with van der Waals surface area (Å²) in [4.78, 5) is 9.68. The summed E-state index contributed by atoms with van der Waals surface area (Å²) in [6.07, 6.45) is 18.3. The van der Waals surface area contributed by atoms with Gasteiger partial charge in [0.15, 0.2) is 0 Å². The molecule has 0 aromatic rings. The average molecular weight is 375 g/mol. The Morgan fingerprint density at radius 3 is 1.48 bits per heavy atom. The molecule has 1 atom stereocenters. The highest BCUT2D eigenvalue weighted by atomic mass is 32.2. The summed E-state index contributed by atoms with van der Waals surface area (Å²) < 4.78 is 24.7. The SMILES string of the molecule is C=C1NC1=O.CCCCCCCCCCCCCCCCOS(=O)[O-]. The number of carbonyl (C=O) groups excluding carboxylic acids is 1. The van der Waals surface area contributed by atoms with Gasteiger partial charge >= 0.3 is 0 Å². The fourth-order valence-electron chi connectivity index (χ4n) is 2.53. The van der Waals surface area contributed by atoms with Crippen molar-refractivity contribution in [3.8, 4) is 0 Å². The molecule has 1 rings (SSSR count). The molecule has 1 heterocycles. The number of hydrogen-bond acceptors (Lipinski definition) is 4. The van der Waals surface area contributed by atoms with Crippen molar-refractivity contribution in [3.05, 3.63) is 12.3 Å². The van der Waals surface area contributed by atoms with Gasteiger partial charge in [0.05, 0.1) is 23.7 Å². The lowest BCUT2D eigenvalue weighted by Crippen LogP contribution is -1.97. The molecule has 0 saturated carbocycles. The van der Waals surface area contributed by atoms with E-state index < -0.39 is 11.4 Å². The Bertz CT molecular complexity index is 362. The second kappa shape index (κ2) is 18.1. The zero-order valence-electron chi connectivity index (χ0n) is 15.9. The molecule has 0 aromatic heterocycles. The first kappa shape index (κ1) is 24.3. The molecule has 1 N–H and O–H groups in total. The Morgan fingerprint density at radius 2 is 1.20 bits per heavy atom. The van der Waals surface area contributed by atoms with E-state index in [2.05, 4.69) is 23.0 Å². The van der Waals surface area contributed by atoms with Crippen molar-refractivity contribution in [1.82, 2.24) is 5.32 Å². The predicted octanol–water partition coefficient (Wildman–Crippen LogP) is 4.91. The number of unbranched alkanes of at least 4 members (excludes halogenated alkanes) is 13. The van der Waals surface area contributed by atoms with E-state index in [9.17, 15) is 13.6 Å². The number of nitrogens with one attached hydrogen (secondary N) is 1. The molecular formula is C19H36NO4S-. The maximum Gasteiger partial charge on any atom is 0.271 e. The zero-order chi connectivity index (χ0) is 18.8. The van der Waals surface area contributed by atoms with Gasteiger partial charge in [-0.25, -0.2) is 4.21 Å². The minimum atomic E-state index is -2.33. The first-order valence-electron chi connectivity index (χ1n) is 9.80. The van der Waals surface area contributed by atoms with Gasteiger partial charge in [0.1, 0.15) is 0 Å². The Balaban J connectivity index is 0.000000972. The normalized spacial score (nSPS) is 13.8. The van der Waals surface area contributed by atoms with Gasteiger partial charge in [0.2, 0.25) is 0 Å². The average Bonchev–Trinajstić information content (AvgIpc) is 3.23. The maximum atomic E-state index is 10.1. The molecule has 0 spiro atoms. The van der Waals surface area contributed by atoms with Crippen molar-refractivity contribution in [2.75, 3.05) is 6.61 Å². The molecule has 1 unspecified atom stereocenters. The van der Waals surface area contributed by atoms with E-state index in [1.54, 1.807) is 0 Å². The predicted molar refractivity (Wildman–Crippen MR) is 102 cm³/mol. The molecular weight excluding hydrogens is 338 g/mol. The molecule has 5 nitrogen and oxygen atoms in total. The molecule has 1 saturated heterocycles. The number of hydrogen-bond donors (Lipinski definition) is 1. The van der Waals surface area contributed by atoms with Crippen LogP contribution in [-0.4, -0.2) is 21.3 Å². The van der Waals surface area contributed by atoms with Crippen molar-refractivity contribution in [3.63, 3.8) is 0 Å². The van der Waals surface area contributed by atoms with Crippen molar-refractivity contribution >= 4 is 17.3 Å². The minimum absolute atomic E-state index is 0.0231. The summed E-state index contributed by atoms with van der Waals surface area (Å²) in [7, 11) is 0. The van der Waals surface area contributed by atoms with E-state index >= 15 is 0 Å². The summed E-state index contributed by atoms with van der Waals surface area (Å²) in [5.74, 6) is -0.0231. The number of carbonyl (C=O) groups is 1. The summed E-state index contributed by atoms with van der Waals surface area (Å²) in [6, 6.07) is 0. The molecule has 1 fully saturated rings. The largest absolute Gasteiger partial charge is 0.750 e. The molecule has 6 heteroatoms. The third-order valence-corrected chi connectivity index (χ3v) is 4.51. The van der Waals surface area contributed by atoms with E-state index in [-0.39, 0.29) is 5.91 Å². The first-order chi connectivity index (χ1) is 12.1. The van der Waals surface area contributed by atoms with Crippen LogP contribution >= 0.6 is 0 Å². The van der Waals surface area contributed by atoms with Crippen LogP contribution in [0.1, 0.15) is 96.8 Å². The lowest BCUT2D eigenvalue weighted by atomic mass is 10.0. The van der Waals surface area contributed by atoms with E-state index in [0.717, 1.165) is 12.8 Å². The highest BCUT2D eigenvalue weighted by Crippen LogP contribution is 2.12. The molecule has 1 aliphatic heterocycles. The molecule has 0 bridgehead atoms. The number of amides is 1. The van der Waals surface area contributed by atoms with E-state index in [4.69, 9.17) is 0 Å². The number of rotatable bonds is 16. The third kappa shape index (κ3) is 21.2. The van der Waals surface area contributed by atoms with Crippen LogP contribution in [0.2, 0.25) is 0 Å². The Morgan fingerprint density at radius 1 is 0.880 bits per heavy atom. The molecule has 25 heavy (non-hydrogen) atoms. The second-order valence-corrected chi connectivity index (χ2v) is 7.20. The van der Waals surface area contributed by atoms with Crippen molar-refractivity contribution in [2.24, 2.45) is 0 Å². The van der Waals surface area contributed by atoms with Crippen LogP contribution in [0.5, 0.6) is 0 Å². The van der Waals surface area contributed by atoms with Gasteiger partial charge in [-0.3, -0.25) is 4.79 Å². The van der Waals surface area contributed by atoms with Gasteiger partial charge in [0.25, 0.3) is 5.91 Å². The van der Waals surface area contributed by atoms with Gasteiger partial charge < -0.3 is 14.1 Å². The van der Waals surface area contributed by atoms with E-state index in [1.165, 1.54) is 77.0 Å². The van der Waals surface area contributed by atoms with Crippen LogP contribution in [0.4, 0.5) is 0 Å². The van der Waals surface area contributed by atoms with Crippen LogP contribution in [0.25, 0.3) is 0 Å². The van der Waals surface area contributed by atoms with Crippen LogP contribution in [0.15, 0.2) is 12.3 Å². The van der Waals surface area contributed by atoms with Crippen LogP contribution in [0, 0.1) is 0 Å². The lowest BCUT2D eigenvalue weighted by molar-refractivity contribution is -0.109. The highest BCUT2D eigenvalue weighted by Gasteiger charge is 2.20. The van der Waals surface area contributed by atoms with Crippen LogP contribution in [0.3, 0.4) is 0 Å². The molecule has 1 aliphatic rings. The van der Waals surface area contributed by atoms with Gasteiger partial charge in [0, 0.05) is 0 Å². The first-order valence-corrected chi connectivity index (χ1v) is 10.8. The highest BCUT2D eigenvalue weighted by molar-refractivity contribution is 7.74. The quantitative estimate of drug-likeness (QED) is 0.180. The van der Waals surface area contributed by atoms with Gasteiger partial charge in [-0.05, 0) is 6.42 Å². The monoisotopic (exact) mass is 374 g/mol. The Kier molecular flexibility index (Phi) is 17.6. The smallest absolute Gasteiger partial charge is 0.271 e. The minimum Gasteiger partial charge on any atom is -0.750 e. The fourth-order valence-corrected chi connectivity index (χ4v) is 2.78. The maximum absolute atomic E-state index is 10.1. The summed E-state index contributed by atoms with van der Waals surface area (Å²) in [5, 5.41) is 2.36. The van der Waals surface area contributed by atoms with Crippen molar-refractivity contribution < 1.29 is 17.7 Å². The summed E-state index contributed by atoms with van der Waals surface area (Å²) in [6.45, 7) is 5.89. The Labute approximate surface area is 156 Å². The third-order valence-electron chi connectivity index (χ3n) is 4.15. The lowest BCUT2D eigenvalue weighted by Gasteiger charge is -2.05. The van der Waals surface area contributed by atoms with Gasteiger partial charge in [-0.1, -0.05) is 97.0 Å². The van der Waals surface area contributed by atoms with Crippen LogP contribution < -0.4 is 5.32 Å². The summed E-state index contributed by atoms with van der Waals surface area (Å²) >= 11 is -2.33. The van der Waals surface area contributed by atoms with Crippen molar-refractivity contribution in [1.29, 1.82) is 0 Å². The molecule has 148 valence electrons. The molecule has 0 aromatic carbocycles. The standard InChI is InChI=1S/C16H34O3S.C3H3NO/c1-2-3-4-5-6-7-8-9-10-11-12-13-14-15-16-19-20(17)18;1-2-3(5)4-2/h2-16H2,1H3,(H,17,18);1H2,(H,4,5)/p-1. The van der Waals surface area contributed by atoms with Gasteiger partial charge in [-0.2, -0.15) is 0 Å². The van der Waals surface area contributed by atoms with E-state index in [0.29, 0.717) is 12.3 Å². The second-order valence-electron chi connectivity index (χ2n) is 6.55. The zero-order valence-corrected chi connectivity index (χ0v) is 16.7. The molecule has 1 amide bonds. The Hall–Kier alpha value is -0.720. The topological polar surface area (TPSA) is 88.4 Å². The van der Waals surface area contributed by atoms with E-state index in [1.807, 2.05) is 0 Å². The van der Waals surface area contributed by atoms with Crippen LogP contribution in [-0.2, 0) is 20.3 Å². The van der Waals surface area contributed by atoms with Gasteiger partial charge in [-0.15, -0.1) is 0 Å². The summed E-state index contributed by atoms with van der Waals surface area (Å²) in [5.41, 5.74) is 0.532. The molecule has 0 aliphatic carbocycles. The fraction of sp³-hybridized carbons (Fsp3) is 0.842. The van der Waals surface area contributed by atoms with Crippen molar-refractivity contribution in [2.45, 2.75) is 96.8 Å².